The largest absolute Gasteiger partial charge is 0.345 e. The normalized spacial score (nSPS) is 11.8. The minimum absolute atomic E-state index is 0.0826. The van der Waals surface area contributed by atoms with Crippen LogP contribution in [0.25, 0.3) is 5.69 Å². The van der Waals surface area contributed by atoms with Crippen molar-refractivity contribution >= 4 is 17.7 Å². The van der Waals surface area contributed by atoms with E-state index in [1.807, 2.05) is 78.9 Å². The number of rotatable bonds is 11. The molecule has 6 rings (SSSR count). The Bertz CT molecular complexity index is 1800. The van der Waals surface area contributed by atoms with Crippen molar-refractivity contribution in [3.05, 3.63) is 179 Å². The third-order valence-electron chi connectivity index (χ3n) is 7.84. The SMILES string of the molecule is Cc1ccc(-n2c(SCc3cccc(C)c3)nnc2C(Cc2ccccc2)NC(=O)C(c2ccccc2)c2ccccc2)cc1. The maximum absolute atomic E-state index is 14.4. The minimum atomic E-state index is -0.475. The summed E-state index contributed by atoms with van der Waals surface area (Å²) in [4.78, 5) is 14.4. The summed E-state index contributed by atoms with van der Waals surface area (Å²) in [5, 5.41) is 13.7. The van der Waals surface area contributed by atoms with Crippen LogP contribution in [0.3, 0.4) is 0 Å². The molecule has 1 N–H and O–H groups in total. The summed E-state index contributed by atoms with van der Waals surface area (Å²) in [7, 11) is 0. The van der Waals surface area contributed by atoms with Crippen LogP contribution < -0.4 is 5.32 Å². The van der Waals surface area contributed by atoms with Crippen LogP contribution in [-0.4, -0.2) is 20.7 Å². The lowest BCUT2D eigenvalue weighted by molar-refractivity contribution is -0.122. The standard InChI is InChI=1S/C39H36N4OS/c1-28-21-23-34(24-22-28)43-37(41-42-39(43)45-27-31-16-12-13-29(2)25-31)35(26-30-14-6-3-7-15-30)40-38(44)36(32-17-8-4-9-18-32)33-19-10-5-11-20-33/h3-25,35-36H,26-27H2,1-2H3,(H,40,44). The fourth-order valence-corrected chi connectivity index (χ4v) is 6.49. The Morgan fingerprint density at radius 3 is 1.91 bits per heavy atom. The molecule has 1 heterocycles. The van der Waals surface area contributed by atoms with Crippen molar-refractivity contribution < 1.29 is 4.79 Å². The Hall–Kier alpha value is -4.94. The third kappa shape index (κ3) is 7.41. The molecule has 6 aromatic rings. The lowest BCUT2D eigenvalue weighted by Gasteiger charge is -2.24. The van der Waals surface area contributed by atoms with Crippen molar-refractivity contribution in [2.45, 2.75) is 43.1 Å². The highest BCUT2D eigenvalue weighted by atomic mass is 32.2. The number of amides is 1. The number of aromatic nitrogens is 3. The van der Waals surface area contributed by atoms with E-state index in [1.54, 1.807) is 11.8 Å². The van der Waals surface area contributed by atoms with Gasteiger partial charge >= 0.3 is 0 Å². The molecule has 0 aliphatic carbocycles. The van der Waals surface area contributed by atoms with E-state index in [0.29, 0.717) is 12.2 Å². The summed E-state index contributed by atoms with van der Waals surface area (Å²) in [6.45, 7) is 4.19. The number of nitrogens with zero attached hydrogens (tertiary/aromatic N) is 3. The molecule has 224 valence electrons. The Morgan fingerprint density at radius 1 is 0.689 bits per heavy atom. The van der Waals surface area contributed by atoms with E-state index >= 15 is 0 Å². The Kier molecular flexibility index (Phi) is 9.52. The molecule has 0 saturated carbocycles. The first kappa shape index (κ1) is 30.1. The average molecular weight is 609 g/mol. The molecule has 1 aromatic heterocycles. The predicted octanol–water partition coefficient (Wildman–Crippen LogP) is 8.41. The number of thioether (sulfide) groups is 1. The van der Waals surface area contributed by atoms with Crippen LogP contribution in [0.5, 0.6) is 0 Å². The van der Waals surface area contributed by atoms with Crippen molar-refractivity contribution in [1.82, 2.24) is 20.1 Å². The Morgan fingerprint density at radius 2 is 1.29 bits per heavy atom. The van der Waals surface area contributed by atoms with E-state index in [4.69, 9.17) is 10.2 Å². The van der Waals surface area contributed by atoms with Crippen molar-refractivity contribution in [1.29, 1.82) is 0 Å². The molecule has 5 aromatic carbocycles. The van der Waals surface area contributed by atoms with Gasteiger partial charge in [0.25, 0.3) is 0 Å². The van der Waals surface area contributed by atoms with Gasteiger partial charge in [-0.1, -0.05) is 150 Å². The van der Waals surface area contributed by atoms with Crippen LogP contribution in [-0.2, 0) is 17.0 Å². The lowest BCUT2D eigenvalue weighted by Crippen LogP contribution is -2.36. The highest BCUT2D eigenvalue weighted by Crippen LogP contribution is 2.31. The van der Waals surface area contributed by atoms with E-state index in [1.165, 1.54) is 16.7 Å². The Balaban J connectivity index is 1.41. The minimum Gasteiger partial charge on any atom is -0.345 e. The van der Waals surface area contributed by atoms with Crippen LogP contribution in [0.4, 0.5) is 0 Å². The first-order chi connectivity index (χ1) is 22.0. The molecule has 0 bridgehead atoms. The molecular weight excluding hydrogens is 573 g/mol. The van der Waals surface area contributed by atoms with Crippen molar-refractivity contribution in [3.63, 3.8) is 0 Å². The van der Waals surface area contributed by atoms with Crippen molar-refractivity contribution in [2.24, 2.45) is 0 Å². The first-order valence-corrected chi connectivity index (χ1v) is 16.2. The fraction of sp³-hybridized carbons (Fsp3) is 0.154. The van der Waals surface area contributed by atoms with Gasteiger partial charge in [-0.3, -0.25) is 9.36 Å². The molecular formula is C39H36N4OS. The number of carbonyl (C=O) groups excluding carboxylic acids is 1. The van der Waals surface area contributed by atoms with Gasteiger partial charge in [-0.2, -0.15) is 0 Å². The molecule has 0 spiro atoms. The molecule has 0 fully saturated rings. The number of nitrogens with one attached hydrogen (secondary N) is 1. The zero-order valence-electron chi connectivity index (χ0n) is 25.5. The number of benzene rings is 5. The smallest absolute Gasteiger partial charge is 0.232 e. The highest BCUT2D eigenvalue weighted by molar-refractivity contribution is 7.98. The average Bonchev–Trinajstić information content (AvgIpc) is 3.49. The monoisotopic (exact) mass is 608 g/mol. The van der Waals surface area contributed by atoms with Gasteiger partial charge in [-0.15, -0.1) is 10.2 Å². The maximum atomic E-state index is 14.4. The number of aryl methyl sites for hydroxylation is 2. The van der Waals surface area contributed by atoms with Gasteiger partial charge in [0.1, 0.15) is 0 Å². The van der Waals surface area contributed by atoms with Crippen LogP contribution in [0.2, 0.25) is 0 Å². The van der Waals surface area contributed by atoms with E-state index in [0.717, 1.165) is 33.3 Å². The van der Waals surface area contributed by atoms with Crippen LogP contribution in [0.1, 0.15) is 51.2 Å². The number of hydrogen-bond acceptors (Lipinski definition) is 4. The van der Waals surface area contributed by atoms with Gasteiger partial charge in [0.15, 0.2) is 11.0 Å². The van der Waals surface area contributed by atoms with Crippen molar-refractivity contribution in [3.8, 4) is 5.69 Å². The summed E-state index contributed by atoms with van der Waals surface area (Å²) >= 11 is 1.65. The topological polar surface area (TPSA) is 59.8 Å². The number of hydrogen-bond donors (Lipinski definition) is 1. The highest BCUT2D eigenvalue weighted by Gasteiger charge is 2.29. The van der Waals surface area contributed by atoms with Crippen LogP contribution >= 0.6 is 11.8 Å². The lowest BCUT2D eigenvalue weighted by atomic mass is 9.90. The summed E-state index contributed by atoms with van der Waals surface area (Å²) in [5.74, 6) is 0.894. The summed E-state index contributed by atoms with van der Waals surface area (Å²) in [6, 6.07) is 46.6. The van der Waals surface area contributed by atoms with Gasteiger partial charge < -0.3 is 5.32 Å². The van der Waals surface area contributed by atoms with Gasteiger partial charge in [0.2, 0.25) is 5.91 Å². The predicted molar refractivity (Wildman–Crippen MR) is 183 cm³/mol. The summed E-state index contributed by atoms with van der Waals surface area (Å²) in [5.41, 5.74) is 7.57. The molecule has 0 radical (unpaired) electrons. The second-order valence-corrected chi connectivity index (χ2v) is 12.2. The zero-order chi connectivity index (χ0) is 31.0. The van der Waals surface area contributed by atoms with Gasteiger partial charge in [-0.25, -0.2) is 0 Å². The second kappa shape index (κ2) is 14.2. The van der Waals surface area contributed by atoms with E-state index in [-0.39, 0.29) is 5.91 Å². The molecule has 1 unspecified atom stereocenters. The van der Waals surface area contributed by atoms with E-state index in [9.17, 15) is 4.79 Å². The third-order valence-corrected chi connectivity index (χ3v) is 8.84. The molecule has 45 heavy (non-hydrogen) atoms. The van der Waals surface area contributed by atoms with E-state index < -0.39 is 12.0 Å². The fourth-order valence-electron chi connectivity index (χ4n) is 5.58. The van der Waals surface area contributed by atoms with Crippen LogP contribution in [0.15, 0.2) is 145 Å². The van der Waals surface area contributed by atoms with Gasteiger partial charge in [-0.05, 0) is 54.7 Å². The number of carbonyl (C=O) groups is 1. The molecule has 6 heteroatoms. The molecule has 0 aliphatic rings. The zero-order valence-corrected chi connectivity index (χ0v) is 26.3. The van der Waals surface area contributed by atoms with E-state index in [2.05, 4.69) is 84.4 Å². The van der Waals surface area contributed by atoms with Crippen molar-refractivity contribution in [2.75, 3.05) is 0 Å². The first-order valence-electron chi connectivity index (χ1n) is 15.2. The van der Waals surface area contributed by atoms with Crippen LogP contribution in [0, 0.1) is 13.8 Å². The second-order valence-electron chi connectivity index (χ2n) is 11.3. The molecule has 5 nitrogen and oxygen atoms in total. The molecule has 0 aliphatic heterocycles. The van der Waals surface area contributed by atoms with Gasteiger partial charge in [0.05, 0.1) is 12.0 Å². The summed E-state index contributed by atoms with van der Waals surface area (Å²) in [6.07, 6.45) is 0.565. The molecule has 1 amide bonds. The molecule has 1 atom stereocenters. The Labute approximate surface area is 269 Å². The summed E-state index contributed by atoms with van der Waals surface area (Å²) < 4.78 is 2.10. The maximum Gasteiger partial charge on any atom is 0.232 e. The molecule has 0 saturated heterocycles. The quantitative estimate of drug-likeness (QED) is 0.150. The van der Waals surface area contributed by atoms with Gasteiger partial charge in [0, 0.05) is 11.4 Å².